The van der Waals surface area contributed by atoms with Crippen molar-refractivity contribution in [2.75, 3.05) is 26.0 Å². The summed E-state index contributed by atoms with van der Waals surface area (Å²) in [6.07, 6.45) is 0.754. The van der Waals surface area contributed by atoms with Crippen molar-refractivity contribution in [3.63, 3.8) is 0 Å². The van der Waals surface area contributed by atoms with Crippen molar-refractivity contribution < 1.29 is 14.4 Å². The van der Waals surface area contributed by atoms with E-state index in [1.807, 2.05) is 34.5 Å². The van der Waals surface area contributed by atoms with Crippen molar-refractivity contribution in [2.24, 2.45) is 7.05 Å². The highest BCUT2D eigenvalue weighted by atomic mass is 32.2. The van der Waals surface area contributed by atoms with E-state index in [0.717, 1.165) is 31.1 Å². The lowest BCUT2D eigenvalue weighted by Crippen LogP contribution is -3.14. The molecule has 0 aliphatic carbocycles. The van der Waals surface area contributed by atoms with Gasteiger partial charge in [-0.15, -0.1) is 11.8 Å². The number of rotatable bonds is 5. The molecule has 6 nitrogen and oxygen atoms in total. The molecule has 2 aromatic rings. The van der Waals surface area contributed by atoms with E-state index >= 15 is 0 Å². The molecule has 1 aromatic carbocycles. The van der Waals surface area contributed by atoms with Crippen LogP contribution in [0.15, 0.2) is 30.3 Å². The van der Waals surface area contributed by atoms with Crippen LogP contribution in [-0.2, 0) is 29.7 Å². The van der Waals surface area contributed by atoms with Crippen LogP contribution >= 0.6 is 24.0 Å². The second-order valence-electron chi connectivity index (χ2n) is 6.16. The Balaban J connectivity index is 1.72. The minimum absolute atomic E-state index is 0.101. The second-order valence-corrected chi connectivity index (χ2v) is 7.84. The first-order chi connectivity index (χ1) is 12.1. The lowest BCUT2D eigenvalue weighted by Gasteiger charge is -2.27. The number of hydrogen-bond acceptors (Lipinski definition) is 5. The molecule has 1 aliphatic rings. The van der Waals surface area contributed by atoms with Gasteiger partial charge in [0.2, 0.25) is 4.77 Å². The summed E-state index contributed by atoms with van der Waals surface area (Å²) in [4.78, 5) is 13.1. The first-order valence-electron chi connectivity index (χ1n) is 8.28. The van der Waals surface area contributed by atoms with Crippen LogP contribution in [0.4, 0.5) is 0 Å². The number of benzene rings is 1. The van der Waals surface area contributed by atoms with Gasteiger partial charge in [0.25, 0.3) is 0 Å². The summed E-state index contributed by atoms with van der Waals surface area (Å²) in [7, 11) is 3.41. The maximum atomic E-state index is 11.8. The zero-order valence-corrected chi connectivity index (χ0v) is 16.1. The third-order valence-electron chi connectivity index (χ3n) is 4.42. The Morgan fingerprint density at radius 3 is 2.92 bits per heavy atom. The Morgan fingerprint density at radius 2 is 2.20 bits per heavy atom. The van der Waals surface area contributed by atoms with Gasteiger partial charge in [0.1, 0.15) is 12.4 Å². The van der Waals surface area contributed by atoms with Crippen molar-refractivity contribution in [1.29, 1.82) is 0 Å². The molecule has 134 valence electrons. The molecule has 3 rings (SSSR count). The summed E-state index contributed by atoms with van der Waals surface area (Å²) in [6.45, 7) is 2.41. The van der Waals surface area contributed by atoms with Crippen molar-refractivity contribution in [1.82, 2.24) is 14.3 Å². The molecule has 2 atom stereocenters. The molecule has 1 unspecified atom stereocenters. The van der Waals surface area contributed by atoms with Crippen molar-refractivity contribution >= 4 is 29.9 Å². The quantitative estimate of drug-likeness (QED) is 0.611. The molecule has 8 heteroatoms. The lowest BCUT2D eigenvalue weighted by atomic mass is 10.1. The number of methoxy groups -OCH3 is 1. The summed E-state index contributed by atoms with van der Waals surface area (Å²) in [5.41, 5.74) is 1.21. The first-order valence-corrected chi connectivity index (χ1v) is 9.74. The number of esters is 1. The predicted molar refractivity (Wildman–Crippen MR) is 100 cm³/mol. The van der Waals surface area contributed by atoms with E-state index in [1.165, 1.54) is 17.6 Å². The van der Waals surface area contributed by atoms with E-state index in [0.29, 0.717) is 11.4 Å². The Morgan fingerprint density at radius 1 is 1.44 bits per heavy atom. The van der Waals surface area contributed by atoms with E-state index in [-0.39, 0.29) is 11.2 Å². The summed E-state index contributed by atoms with van der Waals surface area (Å²) in [6, 6.07) is 10.3. The third kappa shape index (κ3) is 4.31. The van der Waals surface area contributed by atoms with Crippen LogP contribution in [-0.4, -0.2) is 51.5 Å². The number of thioether (sulfide) groups is 1. The van der Waals surface area contributed by atoms with Crippen LogP contribution in [0.1, 0.15) is 11.4 Å². The number of hydrogen-bond donors (Lipinski definition) is 1. The van der Waals surface area contributed by atoms with E-state index < -0.39 is 0 Å². The average molecular weight is 380 g/mol. The fraction of sp³-hybridized carbons (Fsp3) is 0.471. The number of aromatic nitrogens is 3. The van der Waals surface area contributed by atoms with Gasteiger partial charge < -0.3 is 14.2 Å². The van der Waals surface area contributed by atoms with Gasteiger partial charge in [0, 0.05) is 19.2 Å². The molecule has 2 heterocycles. The van der Waals surface area contributed by atoms with Gasteiger partial charge >= 0.3 is 5.97 Å². The largest absolute Gasteiger partial charge is 0.468 e. The van der Waals surface area contributed by atoms with Crippen LogP contribution in [0.5, 0.6) is 0 Å². The van der Waals surface area contributed by atoms with Crippen LogP contribution in [0.2, 0.25) is 0 Å². The van der Waals surface area contributed by atoms with Gasteiger partial charge in [0.05, 0.1) is 13.7 Å². The maximum Gasteiger partial charge on any atom is 0.324 e. The van der Waals surface area contributed by atoms with Crippen molar-refractivity contribution in [3.05, 3.63) is 46.5 Å². The van der Waals surface area contributed by atoms with Crippen LogP contribution in [0.3, 0.4) is 0 Å². The standard InChI is InChI=1S/C17H22N4O2S2/c1-19-15(10-13-6-4-3-5-7-13)18-21(17(19)24)12-20-8-9-25-14(11-20)16(22)23-2/h3-7,14H,8-12H2,1-2H3/p+1/t14-/m1/s1. The molecule has 0 bridgehead atoms. The zero-order valence-electron chi connectivity index (χ0n) is 14.5. The molecule has 1 fully saturated rings. The first kappa shape index (κ1) is 18.2. The number of nitrogens with zero attached hydrogens (tertiary/aromatic N) is 3. The van der Waals surface area contributed by atoms with Crippen LogP contribution < -0.4 is 4.90 Å². The molecule has 1 N–H and O–H groups in total. The van der Waals surface area contributed by atoms with Crippen molar-refractivity contribution in [3.8, 4) is 0 Å². The highest BCUT2D eigenvalue weighted by molar-refractivity contribution is 8.00. The van der Waals surface area contributed by atoms with Crippen molar-refractivity contribution in [2.45, 2.75) is 18.3 Å². The number of quaternary nitrogens is 1. The number of carbonyl (C=O) groups excluding carboxylic acids is 1. The Hall–Kier alpha value is -1.64. The monoisotopic (exact) mass is 379 g/mol. The summed E-state index contributed by atoms with van der Waals surface area (Å²) in [5, 5.41) is 4.62. The van der Waals surface area contributed by atoms with Crippen LogP contribution in [0.25, 0.3) is 0 Å². The Kier molecular flexibility index (Phi) is 5.93. The molecule has 0 amide bonds. The fourth-order valence-electron chi connectivity index (χ4n) is 2.98. The number of nitrogens with one attached hydrogen (secondary N) is 1. The molecule has 25 heavy (non-hydrogen) atoms. The van der Waals surface area contributed by atoms with Gasteiger partial charge in [-0.3, -0.25) is 4.79 Å². The Labute approximate surface area is 156 Å². The predicted octanol–water partition coefficient (Wildman–Crippen LogP) is 0.673. The molecule has 0 saturated carbocycles. The SMILES string of the molecule is COC(=O)[C@H]1C[NH+](Cn2nc(Cc3ccccc3)n(C)c2=S)CCS1. The molecular weight excluding hydrogens is 356 g/mol. The van der Waals surface area contributed by atoms with Crippen LogP contribution in [0, 0.1) is 4.77 Å². The smallest absolute Gasteiger partial charge is 0.324 e. The van der Waals surface area contributed by atoms with Gasteiger partial charge in [-0.1, -0.05) is 30.3 Å². The summed E-state index contributed by atoms with van der Waals surface area (Å²) in [5.74, 6) is 1.75. The lowest BCUT2D eigenvalue weighted by molar-refractivity contribution is -0.921. The highest BCUT2D eigenvalue weighted by Gasteiger charge is 2.30. The van der Waals surface area contributed by atoms with E-state index in [1.54, 1.807) is 11.8 Å². The minimum atomic E-state index is -0.142. The Bertz CT molecular complexity index is 788. The van der Waals surface area contributed by atoms with Gasteiger partial charge in [-0.2, -0.15) is 9.78 Å². The highest BCUT2D eigenvalue weighted by Crippen LogP contribution is 2.13. The second kappa shape index (κ2) is 8.16. The fourth-order valence-corrected chi connectivity index (χ4v) is 4.46. The normalized spacial score (nSPS) is 20.4. The summed E-state index contributed by atoms with van der Waals surface area (Å²) >= 11 is 7.22. The van der Waals surface area contributed by atoms with Gasteiger partial charge in [-0.05, 0) is 17.8 Å². The molecule has 1 saturated heterocycles. The summed E-state index contributed by atoms with van der Waals surface area (Å²) < 4.78 is 9.45. The zero-order chi connectivity index (χ0) is 17.8. The van der Waals surface area contributed by atoms with Gasteiger partial charge in [0.15, 0.2) is 11.9 Å². The van der Waals surface area contributed by atoms with E-state index in [4.69, 9.17) is 22.1 Å². The van der Waals surface area contributed by atoms with E-state index in [9.17, 15) is 4.79 Å². The molecular formula is C17H23N4O2S2+. The molecule has 1 aromatic heterocycles. The molecule has 1 aliphatic heterocycles. The van der Waals surface area contributed by atoms with E-state index in [2.05, 4.69) is 12.1 Å². The maximum absolute atomic E-state index is 11.8. The molecule has 0 radical (unpaired) electrons. The molecule has 0 spiro atoms. The van der Waals surface area contributed by atoms with Gasteiger partial charge in [-0.25, -0.2) is 0 Å². The topological polar surface area (TPSA) is 53.5 Å². The average Bonchev–Trinajstić information content (AvgIpc) is 2.90. The third-order valence-corrected chi connectivity index (χ3v) is 6.11. The number of carbonyl (C=O) groups is 1. The number of ether oxygens (including phenoxy) is 1. The minimum Gasteiger partial charge on any atom is -0.468 e.